The van der Waals surface area contributed by atoms with Crippen molar-refractivity contribution in [2.45, 2.75) is 304 Å². The Balaban J connectivity index is 1.20. The first-order valence-electron chi connectivity index (χ1n) is 39.8. The molecule has 27 heteroatoms. The molecule has 0 radical (unpaired) electrons. The van der Waals surface area contributed by atoms with Gasteiger partial charge in [0, 0.05) is 78.2 Å². The Hall–Kier alpha value is -6.03. The third-order valence-corrected chi connectivity index (χ3v) is 25.3. The van der Waals surface area contributed by atoms with E-state index in [1.807, 2.05) is 47.6 Å². The molecular weight excluding hydrogens is 1460 g/mol. The molecule has 0 spiro atoms. The van der Waals surface area contributed by atoms with Gasteiger partial charge in [-0.2, -0.15) is 0 Å². The minimum absolute atomic E-state index is 0.00733. The molecule has 4 aliphatic carbocycles. The molecule has 4 saturated carbocycles. The van der Waals surface area contributed by atoms with Crippen LogP contribution in [0.5, 0.6) is 0 Å². The Morgan fingerprint density at radius 1 is 0.505 bits per heavy atom. The van der Waals surface area contributed by atoms with E-state index in [4.69, 9.17) is 0 Å². The zero-order chi connectivity index (χ0) is 76.7. The number of alkyl halides is 3. The predicted molar refractivity (Wildman–Crippen MR) is 404 cm³/mol. The van der Waals surface area contributed by atoms with E-state index in [0.29, 0.717) is 55.5 Å². The Morgan fingerprint density at radius 2 is 1.06 bits per heavy atom. The van der Waals surface area contributed by atoms with Crippen molar-refractivity contribution in [3.05, 3.63) is 11.6 Å². The summed E-state index contributed by atoms with van der Waals surface area (Å²) in [6.07, 6.45) is 15.1. The number of likely N-dealkylation sites (tertiary alicyclic amines) is 1. The van der Waals surface area contributed by atoms with Crippen molar-refractivity contribution in [1.82, 2.24) is 60.5 Å². The van der Waals surface area contributed by atoms with Crippen LogP contribution in [0.1, 0.15) is 234 Å². The van der Waals surface area contributed by atoms with Gasteiger partial charge in [-0.05, 0) is 171 Å². The summed E-state index contributed by atoms with van der Waals surface area (Å²) in [5.41, 5.74) is 0.843. The summed E-state index contributed by atoms with van der Waals surface area (Å²) in [6, 6.07) is -11.9. The maximum atomic E-state index is 15.5. The zero-order valence-electron chi connectivity index (χ0n) is 64.8. The van der Waals surface area contributed by atoms with Crippen LogP contribution < -0.4 is 21.3 Å². The molecule has 8 rings (SSSR count). The summed E-state index contributed by atoms with van der Waals surface area (Å²) < 4.78 is 29.8. The van der Waals surface area contributed by atoms with Gasteiger partial charge >= 0.3 is 0 Å². The molecule has 24 nitrogen and oxygen atoms in total. The van der Waals surface area contributed by atoms with Crippen molar-refractivity contribution in [2.24, 2.45) is 35.5 Å². The molecule has 2 unspecified atom stereocenters. The van der Waals surface area contributed by atoms with Crippen LogP contribution in [0.3, 0.4) is 0 Å². The standard InChI is InChI=1S/C78H125F2IN12O12/c1-48(2)29-30-56-71(99)88(9)62(44-51-22-14-12-15-23-51)69(97)84-58(40-49(3)4)72(100)89(10)64(75(103)91-36-17-13-18-37-91)46-66(95)87(8)61(41-50(5)6)70(98)85-67(54-25-21-26-54)77(105)92-38-19-16-28-59(92)76(104)93-39-33-60(93)74(102)90(11)63(45-52-31-34-78(79,80)35-32-52)73(101)86(7)47-65(94)82-57(68(96)83-56)43-53-24-20-27-55(81)42-53/h29,49-64,67H,12-28,30-47H2,1-11H3,(H,82,94)(H,83,96)(H,84,97)(H,85,98)/t53?,55?,56-,57-,58-,59-,60-,61-,62-,63-,64-,67-/m0/s1. The van der Waals surface area contributed by atoms with Gasteiger partial charge in [0.05, 0.1) is 13.0 Å². The molecule has 0 aromatic carbocycles. The first kappa shape index (κ1) is 84.6. The van der Waals surface area contributed by atoms with Gasteiger partial charge in [0.2, 0.25) is 76.8 Å². The van der Waals surface area contributed by atoms with Crippen molar-refractivity contribution in [3.8, 4) is 0 Å². The summed E-state index contributed by atoms with van der Waals surface area (Å²) in [7, 11) is 7.31. The number of hydrogen-bond acceptors (Lipinski definition) is 12. The van der Waals surface area contributed by atoms with Crippen LogP contribution >= 0.6 is 22.6 Å². The molecule has 4 heterocycles. The number of nitrogens with one attached hydrogen (secondary N) is 4. The fraction of sp³-hybridized carbons (Fsp3) is 0.821. The van der Waals surface area contributed by atoms with Gasteiger partial charge in [0.1, 0.15) is 60.4 Å². The highest BCUT2D eigenvalue weighted by Gasteiger charge is 2.50. The van der Waals surface area contributed by atoms with Gasteiger partial charge < -0.3 is 60.5 Å². The second-order valence-corrected chi connectivity index (χ2v) is 35.2. The van der Waals surface area contributed by atoms with Crippen LogP contribution in [0.25, 0.3) is 0 Å². The highest BCUT2D eigenvalue weighted by atomic mass is 127. The van der Waals surface area contributed by atoms with E-state index in [2.05, 4.69) is 43.9 Å². The quantitative estimate of drug-likeness (QED) is 0.0734. The predicted octanol–water partition coefficient (Wildman–Crippen LogP) is 7.91. The molecule has 12 amide bonds. The van der Waals surface area contributed by atoms with Gasteiger partial charge in [-0.15, -0.1) is 0 Å². The number of carbonyl (C=O) groups excluding carboxylic acids is 12. The molecule has 4 saturated heterocycles. The maximum Gasteiger partial charge on any atom is 0.248 e. The van der Waals surface area contributed by atoms with Crippen LogP contribution in [0.4, 0.5) is 8.78 Å². The molecule has 12 atom stereocenters. The van der Waals surface area contributed by atoms with Crippen LogP contribution in [0.15, 0.2) is 11.6 Å². The highest BCUT2D eigenvalue weighted by molar-refractivity contribution is 14.1. The van der Waals surface area contributed by atoms with Crippen LogP contribution in [0, 0.1) is 35.5 Å². The van der Waals surface area contributed by atoms with Gasteiger partial charge in [0.25, 0.3) is 0 Å². The van der Waals surface area contributed by atoms with Gasteiger partial charge in [-0.25, -0.2) is 8.78 Å². The van der Waals surface area contributed by atoms with Gasteiger partial charge in [0.15, 0.2) is 0 Å². The van der Waals surface area contributed by atoms with E-state index >= 15 is 52.7 Å². The lowest BCUT2D eigenvalue weighted by atomic mass is 9.78. The molecule has 8 fully saturated rings. The lowest BCUT2D eigenvalue weighted by Crippen LogP contribution is -2.66. The third kappa shape index (κ3) is 22.8. The van der Waals surface area contributed by atoms with Crippen molar-refractivity contribution in [1.29, 1.82) is 0 Å². The van der Waals surface area contributed by atoms with E-state index in [9.17, 15) is 13.6 Å². The largest absolute Gasteiger partial charge is 0.343 e. The van der Waals surface area contributed by atoms with Crippen LogP contribution in [-0.4, -0.2) is 248 Å². The number of hydrogen-bond donors (Lipinski definition) is 4. The molecule has 105 heavy (non-hydrogen) atoms. The second kappa shape index (κ2) is 38.9. The summed E-state index contributed by atoms with van der Waals surface area (Å²) >= 11 is 2.40. The molecule has 0 bridgehead atoms. The number of likely N-dealkylation sites (N-methyl/N-ethyl adjacent to an activating group) is 5. The zero-order valence-corrected chi connectivity index (χ0v) is 66.9. The molecule has 4 aliphatic heterocycles. The van der Waals surface area contributed by atoms with Crippen LogP contribution in [-0.2, 0) is 57.5 Å². The molecular formula is C78H125F2IN12O12. The van der Waals surface area contributed by atoms with Crippen LogP contribution in [0.2, 0.25) is 0 Å². The number of allylic oxidation sites excluding steroid dienone is 1. The van der Waals surface area contributed by atoms with E-state index in [1.54, 1.807) is 4.90 Å². The third-order valence-electron chi connectivity index (χ3n) is 24.1. The summed E-state index contributed by atoms with van der Waals surface area (Å²) in [5.74, 6) is -11.0. The second-order valence-electron chi connectivity index (χ2n) is 33.4. The van der Waals surface area contributed by atoms with Crippen molar-refractivity contribution in [3.63, 3.8) is 0 Å². The minimum atomic E-state index is -2.90. The Kier molecular flexibility index (Phi) is 31.3. The Labute approximate surface area is 636 Å². The SMILES string of the molecule is CC(C)=CC[C@@H]1NC(=O)[C@H](CC2CCCC(I)C2)NC(=O)CN(C)C(=O)[C@H](CC2CCC(F)(F)CC2)N(C)C(=O)[C@@H]2CCN2C(=O)[C@@H]2CCCCN2C(=O)[C@H](C2CCC2)NC(=O)[C@H](CC(C)C)N(C)C(=O)C[C@@H](C(=O)N2CCCCC2)N(C)C(=O)[C@H](CC(C)C)NC(=O)[C@H](CC2CCCCC2)N(C)C1=O. The summed E-state index contributed by atoms with van der Waals surface area (Å²) in [5, 5.41) is 12.1. The molecule has 590 valence electrons. The number of nitrogens with zero attached hydrogens (tertiary/aromatic N) is 8. The average Bonchev–Trinajstić information content (AvgIpc) is 0.780. The molecule has 4 N–H and O–H groups in total. The molecule has 8 aliphatic rings. The van der Waals surface area contributed by atoms with Crippen molar-refractivity contribution < 1.29 is 66.3 Å². The molecule has 0 aromatic heterocycles. The van der Waals surface area contributed by atoms with Gasteiger partial charge in [-0.1, -0.05) is 113 Å². The monoisotopic (exact) mass is 1590 g/mol. The first-order valence-corrected chi connectivity index (χ1v) is 41.0. The lowest BCUT2D eigenvalue weighted by molar-refractivity contribution is -0.162. The van der Waals surface area contributed by atoms with E-state index in [0.717, 1.165) is 81.1 Å². The van der Waals surface area contributed by atoms with Crippen molar-refractivity contribution >= 4 is 93.5 Å². The normalized spacial score (nSPS) is 30.8. The van der Waals surface area contributed by atoms with E-state index in [-0.39, 0.29) is 107 Å². The number of carbonyl (C=O) groups is 12. The highest BCUT2D eigenvalue weighted by Crippen LogP contribution is 2.40. The number of rotatable bonds is 14. The summed E-state index contributed by atoms with van der Waals surface area (Å²) in [6.45, 7) is 11.9. The minimum Gasteiger partial charge on any atom is -0.343 e. The van der Waals surface area contributed by atoms with E-state index < -0.39 is 169 Å². The fourth-order valence-electron chi connectivity index (χ4n) is 17.3. The number of amides is 12. The average molecular weight is 1590 g/mol. The fourth-order valence-corrected chi connectivity index (χ4v) is 18.4. The number of fused-ring (bicyclic) bond motifs is 2. The molecule has 0 aromatic rings. The first-order chi connectivity index (χ1) is 49.7. The van der Waals surface area contributed by atoms with Crippen molar-refractivity contribution in [2.75, 3.05) is 68.0 Å². The Bertz CT molecular complexity index is 3090. The smallest absolute Gasteiger partial charge is 0.248 e. The van der Waals surface area contributed by atoms with E-state index in [1.165, 1.54) is 64.6 Å². The Morgan fingerprint density at radius 3 is 1.67 bits per heavy atom. The maximum absolute atomic E-state index is 15.5. The summed E-state index contributed by atoms with van der Waals surface area (Å²) in [4.78, 5) is 194. The topological polar surface area (TPSA) is 279 Å². The number of halogens is 3. The lowest BCUT2D eigenvalue weighted by Gasteiger charge is -2.47. The van der Waals surface area contributed by atoms with Gasteiger partial charge in [-0.3, -0.25) is 57.5 Å². The number of piperidine rings is 2.